The van der Waals surface area contributed by atoms with Crippen molar-refractivity contribution in [3.63, 3.8) is 0 Å². The zero-order chi connectivity index (χ0) is 24.4. The number of sulfonamides is 1. The summed E-state index contributed by atoms with van der Waals surface area (Å²) in [7, 11) is -2.31. The molecule has 0 saturated carbocycles. The van der Waals surface area contributed by atoms with E-state index < -0.39 is 16.1 Å². The third-order valence-corrected chi connectivity index (χ3v) is 8.34. The second-order valence-corrected chi connectivity index (χ2v) is 10.5. The predicted octanol–water partition coefficient (Wildman–Crippen LogP) is 2.61. The van der Waals surface area contributed by atoms with Crippen LogP contribution in [-0.2, 0) is 10.0 Å². The SMILES string of the molecule is COc1ccccc1N1CCN(CCCN2C(=O)Nc3cc4c(cc3S2(=O)=O)OCCCO4)CC1. The second-order valence-electron chi connectivity index (χ2n) is 8.71. The van der Waals surface area contributed by atoms with Gasteiger partial charge in [0.2, 0.25) is 0 Å². The molecule has 3 aliphatic heterocycles. The van der Waals surface area contributed by atoms with Crippen molar-refractivity contribution < 1.29 is 27.4 Å². The van der Waals surface area contributed by atoms with E-state index in [0.717, 1.165) is 41.9 Å². The summed E-state index contributed by atoms with van der Waals surface area (Å²) >= 11 is 0. The molecule has 0 spiro atoms. The highest BCUT2D eigenvalue weighted by atomic mass is 32.2. The van der Waals surface area contributed by atoms with Crippen molar-refractivity contribution in [2.75, 3.05) is 69.8 Å². The molecule has 10 nitrogen and oxygen atoms in total. The minimum Gasteiger partial charge on any atom is -0.495 e. The number of hydrogen-bond acceptors (Lipinski definition) is 8. The molecule has 1 N–H and O–H groups in total. The van der Waals surface area contributed by atoms with Gasteiger partial charge in [-0.1, -0.05) is 12.1 Å². The molecule has 0 radical (unpaired) electrons. The summed E-state index contributed by atoms with van der Waals surface area (Å²) in [5, 5.41) is 2.70. The molecule has 1 saturated heterocycles. The van der Waals surface area contributed by atoms with Gasteiger partial charge in [-0.2, -0.15) is 0 Å². The maximum absolute atomic E-state index is 13.3. The molecule has 0 aliphatic carbocycles. The molecule has 3 heterocycles. The smallest absolute Gasteiger partial charge is 0.335 e. The Hall–Kier alpha value is -3.18. The lowest BCUT2D eigenvalue weighted by Crippen LogP contribution is -2.48. The predicted molar refractivity (Wildman–Crippen MR) is 131 cm³/mol. The normalized spacial score (nSPS) is 19.5. The maximum atomic E-state index is 13.3. The largest absolute Gasteiger partial charge is 0.495 e. The molecule has 2 amide bonds. The number of fused-ring (bicyclic) bond motifs is 2. The molecule has 3 aliphatic rings. The number of benzene rings is 2. The van der Waals surface area contributed by atoms with E-state index in [4.69, 9.17) is 14.2 Å². The van der Waals surface area contributed by atoms with Crippen LogP contribution < -0.4 is 24.4 Å². The minimum atomic E-state index is -3.99. The number of carbonyl (C=O) groups excluding carboxylic acids is 1. The average molecular weight is 503 g/mol. The van der Waals surface area contributed by atoms with Crippen LogP contribution in [0.4, 0.5) is 16.2 Å². The second kappa shape index (κ2) is 9.82. The van der Waals surface area contributed by atoms with Crippen molar-refractivity contribution in [2.45, 2.75) is 17.7 Å². The first-order chi connectivity index (χ1) is 17.0. The van der Waals surface area contributed by atoms with Gasteiger partial charge in [0.1, 0.15) is 10.6 Å². The van der Waals surface area contributed by atoms with Crippen molar-refractivity contribution in [3.8, 4) is 17.2 Å². The molecule has 0 atom stereocenters. The van der Waals surface area contributed by atoms with E-state index in [0.29, 0.717) is 44.1 Å². The number of urea groups is 1. The number of methoxy groups -OCH3 is 1. The fraction of sp³-hybridized carbons (Fsp3) is 0.458. The fourth-order valence-electron chi connectivity index (χ4n) is 4.67. The van der Waals surface area contributed by atoms with Gasteiger partial charge in [0.25, 0.3) is 10.0 Å². The first-order valence-corrected chi connectivity index (χ1v) is 13.3. The van der Waals surface area contributed by atoms with Crippen LogP contribution in [0.1, 0.15) is 12.8 Å². The zero-order valence-electron chi connectivity index (χ0n) is 19.7. The van der Waals surface area contributed by atoms with Gasteiger partial charge in [-0.25, -0.2) is 17.5 Å². The van der Waals surface area contributed by atoms with Crippen LogP contribution in [0, 0.1) is 0 Å². The lowest BCUT2D eigenvalue weighted by atomic mass is 10.2. The van der Waals surface area contributed by atoms with Gasteiger partial charge in [0.15, 0.2) is 11.5 Å². The van der Waals surface area contributed by atoms with E-state index in [-0.39, 0.29) is 17.1 Å². The van der Waals surface area contributed by atoms with Crippen LogP contribution >= 0.6 is 0 Å². The zero-order valence-corrected chi connectivity index (χ0v) is 20.6. The standard InChI is InChI=1S/C24H30N4O6S/c1-32-20-7-3-2-6-19(20)27-12-10-26(11-13-27)8-4-9-28-24(29)25-18-16-21-22(34-15-5-14-33-21)17-23(18)35(28,30)31/h2-3,6-7,16-17H,4-5,8-15H2,1H3,(H,25,29). The number of nitrogens with zero attached hydrogens (tertiary/aromatic N) is 3. The highest BCUT2D eigenvalue weighted by Gasteiger charge is 2.38. The first-order valence-electron chi connectivity index (χ1n) is 11.8. The molecule has 188 valence electrons. The van der Waals surface area contributed by atoms with Gasteiger partial charge in [0.05, 0.1) is 31.7 Å². The summed E-state index contributed by atoms with van der Waals surface area (Å²) in [6, 6.07) is 10.3. The van der Waals surface area contributed by atoms with E-state index in [1.54, 1.807) is 7.11 Å². The molecule has 0 unspecified atom stereocenters. The van der Waals surface area contributed by atoms with Crippen LogP contribution in [0.5, 0.6) is 17.2 Å². The van der Waals surface area contributed by atoms with Gasteiger partial charge in [0, 0.05) is 57.8 Å². The van der Waals surface area contributed by atoms with E-state index in [9.17, 15) is 13.2 Å². The minimum absolute atomic E-state index is 0.0340. The Balaban J connectivity index is 1.19. The molecular weight excluding hydrogens is 472 g/mol. The summed E-state index contributed by atoms with van der Waals surface area (Å²) in [5.74, 6) is 1.68. The lowest BCUT2D eigenvalue weighted by molar-refractivity contribution is 0.225. The Morgan fingerprint density at radius 1 is 1.00 bits per heavy atom. The van der Waals surface area contributed by atoms with Gasteiger partial charge >= 0.3 is 6.03 Å². The number of para-hydroxylation sites is 2. The Labute approximate surface area is 205 Å². The topological polar surface area (TPSA) is 101 Å². The number of amides is 2. The first kappa shape index (κ1) is 23.6. The number of rotatable bonds is 6. The van der Waals surface area contributed by atoms with Crippen molar-refractivity contribution in [1.29, 1.82) is 0 Å². The van der Waals surface area contributed by atoms with Crippen molar-refractivity contribution in [2.24, 2.45) is 0 Å². The third kappa shape index (κ3) is 4.70. The van der Waals surface area contributed by atoms with E-state index in [2.05, 4.69) is 21.2 Å². The summed E-state index contributed by atoms with van der Waals surface area (Å²) < 4.78 is 44.2. The van der Waals surface area contributed by atoms with Crippen LogP contribution in [0.15, 0.2) is 41.3 Å². The molecule has 1 fully saturated rings. The molecule has 5 rings (SSSR count). The van der Waals surface area contributed by atoms with Crippen molar-refractivity contribution in [1.82, 2.24) is 9.21 Å². The lowest BCUT2D eigenvalue weighted by Gasteiger charge is -2.37. The Kier molecular flexibility index (Phi) is 6.61. The molecule has 0 aromatic heterocycles. The molecule has 0 bridgehead atoms. The number of carbonyl (C=O) groups is 1. The van der Waals surface area contributed by atoms with Gasteiger partial charge in [-0.15, -0.1) is 0 Å². The highest BCUT2D eigenvalue weighted by molar-refractivity contribution is 7.90. The average Bonchev–Trinajstić information content (AvgIpc) is 3.10. The summed E-state index contributed by atoms with van der Waals surface area (Å²) in [5.41, 5.74) is 1.31. The molecule has 2 aromatic carbocycles. The highest BCUT2D eigenvalue weighted by Crippen LogP contribution is 2.40. The van der Waals surface area contributed by atoms with E-state index in [1.165, 1.54) is 12.1 Å². The van der Waals surface area contributed by atoms with Crippen LogP contribution in [0.2, 0.25) is 0 Å². The van der Waals surface area contributed by atoms with E-state index in [1.807, 2.05) is 18.2 Å². The molecule has 35 heavy (non-hydrogen) atoms. The number of piperazine rings is 1. The number of anilines is 2. The van der Waals surface area contributed by atoms with Crippen molar-refractivity contribution in [3.05, 3.63) is 36.4 Å². The number of ether oxygens (including phenoxy) is 3. The molecule has 2 aromatic rings. The number of hydrogen-bond donors (Lipinski definition) is 1. The summed E-state index contributed by atoms with van der Waals surface area (Å²) in [6.07, 6.45) is 1.25. The monoisotopic (exact) mass is 502 g/mol. The Bertz CT molecular complexity index is 1200. The maximum Gasteiger partial charge on any atom is 0.335 e. The van der Waals surface area contributed by atoms with Gasteiger partial charge < -0.3 is 24.4 Å². The fourth-order valence-corrected chi connectivity index (χ4v) is 6.18. The van der Waals surface area contributed by atoms with Gasteiger partial charge in [-0.05, 0) is 18.6 Å². The van der Waals surface area contributed by atoms with E-state index >= 15 is 0 Å². The Morgan fingerprint density at radius 3 is 2.46 bits per heavy atom. The molecule has 11 heteroatoms. The van der Waals surface area contributed by atoms with Gasteiger partial charge in [-0.3, -0.25) is 4.90 Å². The van der Waals surface area contributed by atoms with Crippen molar-refractivity contribution >= 4 is 27.4 Å². The molecular formula is C24H30N4O6S. The van der Waals surface area contributed by atoms with Crippen LogP contribution in [-0.4, -0.2) is 83.2 Å². The quantitative estimate of drug-likeness (QED) is 0.644. The van der Waals surface area contributed by atoms with Crippen LogP contribution in [0.25, 0.3) is 0 Å². The summed E-state index contributed by atoms with van der Waals surface area (Å²) in [6.45, 7) is 5.14. The third-order valence-electron chi connectivity index (χ3n) is 6.52. The Morgan fingerprint density at radius 2 is 1.71 bits per heavy atom. The van der Waals surface area contributed by atoms with Crippen LogP contribution in [0.3, 0.4) is 0 Å². The number of nitrogens with one attached hydrogen (secondary N) is 1. The summed E-state index contributed by atoms with van der Waals surface area (Å²) in [4.78, 5) is 17.3.